The highest BCUT2D eigenvalue weighted by atomic mass is 16.3. The van der Waals surface area contributed by atoms with E-state index in [0.29, 0.717) is 0 Å². The van der Waals surface area contributed by atoms with Gasteiger partial charge >= 0.3 is 0 Å². The average Bonchev–Trinajstić information content (AvgIpc) is 1.52. The van der Waals surface area contributed by atoms with Crippen LogP contribution in [0.5, 0.6) is 0 Å². The van der Waals surface area contributed by atoms with Gasteiger partial charge in [0.2, 0.25) is 0 Å². The zero-order valence-electron chi connectivity index (χ0n) is 77.9. The molecular weight excluding hydrogens is 1630 g/mol. The number of furan rings is 2. The van der Waals surface area contributed by atoms with E-state index in [9.17, 15) is 0 Å². The summed E-state index contributed by atoms with van der Waals surface area (Å²) < 4.78 is 14.4. The number of anilines is 12. The van der Waals surface area contributed by atoms with Crippen LogP contribution in [-0.2, 0) is 32.5 Å². The maximum atomic E-state index is 7.26. The van der Waals surface area contributed by atoms with Crippen LogP contribution in [0.25, 0.3) is 101 Å². The molecule has 0 aliphatic heterocycles. The minimum Gasteiger partial charge on any atom is -0.455 e. The molecule has 25 rings (SSSR count). The molecule has 0 saturated carbocycles. The van der Waals surface area contributed by atoms with Crippen molar-refractivity contribution >= 4 is 68.2 Å². The van der Waals surface area contributed by atoms with Crippen molar-refractivity contribution in [1.29, 1.82) is 0 Å². The first-order chi connectivity index (χ1) is 65.0. The highest BCUT2D eigenvalue weighted by Gasteiger charge is 2.53. The molecule has 0 unspecified atom stereocenters. The third-order valence-corrected chi connectivity index (χ3v) is 30.4. The molecule has 0 atom stereocenters. The second-order valence-corrected chi connectivity index (χ2v) is 40.2. The minimum absolute atomic E-state index is 0.101. The van der Waals surface area contributed by atoms with Crippen molar-refractivity contribution < 1.29 is 8.83 Å². The van der Waals surface area contributed by atoms with Crippen molar-refractivity contribution in [2.75, 3.05) is 19.6 Å². The van der Waals surface area contributed by atoms with Crippen LogP contribution in [0.2, 0.25) is 0 Å². The Kier molecular flexibility index (Phi) is 18.6. The lowest BCUT2D eigenvalue weighted by Crippen LogP contribution is -2.23. The topological polar surface area (TPSA) is 39.2 Å². The maximum Gasteiger partial charge on any atom is 0.139 e. The van der Waals surface area contributed by atoms with E-state index in [1.54, 1.807) is 0 Å². The number of hydrogen-bond acceptors (Lipinski definition) is 6. The van der Waals surface area contributed by atoms with Gasteiger partial charge in [-0.25, -0.2) is 0 Å². The van der Waals surface area contributed by atoms with E-state index in [0.717, 1.165) is 91.3 Å². The van der Waals surface area contributed by atoms with Gasteiger partial charge in [0.15, 0.2) is 0 Å². The SMILES string of the molecule is CC1(C)c2ccccc2-c2ccc(N(c3ccc4c(c3)C(C)(C)c3c-4oc4c3C(C)(C)c3cc(N(c5ccccc5)c5ccccc5-c5ccccc5)ccc3-4)c3ccccc3-c3ccccc3)cc21.CC1(C)c2ccccc2-c2ccc(N(c3ccccc3)c3ccc4c(c3)C(C)(C)c3c-4oc4c3C(C)(C)c3cc(N(c5ccccc5)c5ccccc5-c5ccccc5)ccc3-4)cc21. The maximum absolute atomic E-state index is 7.26. The van der Waals surface area contributed by atoms with E-state index in [2.05, 4.69) is 515 Å². The summed E-state index contributed by atoms with van der Waals surface area (Å²) in [7, 11) is 0. The Morgan fingerprint density at radius 3 is 0.619 bits per heavy atom. The van der Waals surface area contributed by atoms with Crippen LogP contribution >= 0.6 is 0 Å². The van der Waals surface area contributed by atoms with Crippen molar-refractivity contribution in [3.05, 3.63) is 479 Å². The molecule has 0 N–H and O–H groups in total. The van der Waals surface area contributed by atoms with Gasteiger partial charge in [-0.15, -0.1) is 0 Å². The van der Waals surface area contributed by atoms with Gasteiger partial charge in [0.05, 0.1) is 17.1 Å². The molecule has 6 aliphatic carbocycles. The summed E-state index contributed by atoms with van der Waals surface area (Å²) in [5.74, 6) is 4.00. The van der Waals surface area contributed by atoms with Crippen LogP contribution in [-0.4, -0.2) is 0 Å². The summed E-state index contributed by atoms with van der Waals surface area (Å²) in [6.07, 6.45) is 0. The molecule has 2 heterocycles. The third kappa shape index (κ3) is 12.4. The van der Waals surface area contributed by atoms with E-state index in [4.69, 9.17) is 8.83 Å². The molecular formula is C128H104N4O2. The molecule has 0 spiro atoms. The van der Waals surface area contributed by atoms with Gasteiger partial charge in [0, 0.05) is 145 Å². The van der Waals surface area contributed by atoms with Crippen LogP contribution in [0, 0.1) is 0 Å². The van der Waals surface area contributed by atoms with E-state index >= 15 is 0 Å². The summed E-state index contributed by atoms with van der Waals surface area (Å²) in [4.78, 5) is 9.73. The molecule has 0 bridgehead atoms. The fourth-order valence-corrected chi connectivity index (χ4v) is 23.8. The van der Waals surface area contributed by atoms with Crippen LogP contribution < -0.4 is 19.6 Å². The van der Waals surface area contributed by atoms with Crippen LogP contribution in [0.1, 0.15) is 150 Å². The molecule has 134 heavy (non-hydrogen) atoms. The minimum atomic E-state index is -0.350. The zero-order chi connectivity index (χ0) is 91.1. The van der Waals surface area contributed by atoms with Gasteiger partial charge in [0.1, 0.15) is 23.0 Å². The average molecular weight is 1730 g/mol. The van der Waals surface area contributed by atoms with Gasteiger partial charge in [-0.05, 0) is 235 Å². The smallest absolute Gasteiger partial charge is 0.139 e. The standard InChI is InChI=1S/C67H54N2O.C61H50N2O/c1-65(2)55-31-19-16-30-51(55)52-37-34-47(40-56(52)65)69(60-33-21-18-29-50(60)44-24-12-8-13-25-44)48-36-39-54-58(42-48)67(5,6)62-61-63(70-64(54)62)53-38-35-46(41-57(53)66(61,3)4)68(45-26-14-9-15-27-45)59-32-20-17-28-49(59)43-22-10-7-11-23-43;1-59(2)50-28-18-16-27-46(50)47-33-30-42(36-51(47)59)62(40-22-12-8-13-23-40)43-31-34-48-52(37-43)60(3,4)55-56-58(64-57(48)55)49-35-32-44(38-53(49)61(56,5)6)63(41-24-14-9-15-25-41)54-29-19-17-26-45(54)39-20-10-7-11-21-39/h7-42H,1-6H3;7-38H,1-6H3. The number of para-hydroxylation sites is 6. The van der Waals surface area contributed by atoms with E-state index in [-0.39, 0.29) is 32.5 Å². The molecule has 0 fully saturated rings. The Morgan fingerprint density at radius 2 is 0.343 bits per heavy atom. The van der Waals surface area contributed by atoms with Gasteiger partial charge in [-0.2, -0.15) is 0 Å². The first kappa shape index (κ1) is 81.7. The number of rotatable bonds is 15. The monoisotopic (exact) mass is 1730 g/mol. The molecule has 6 nitrogen and oxygen atoms in total. The van der Waals surface area contributed by atoms with E-state index in [1.807, 2.05) is 0 Å². The zero-order valence-corrected chi connectivity index (χ0v) is 77.9. The number of nitrogens with zero attached hydrogens (tertiary/aromatic N) is 4. The Labute approximate surface area is 787 Å². The first-order valence-corrected chi connectivity index (χ1v) is 47.3. The molecule has 0 radical (unpaired) electrons. The lowest BCUT2D eigenvalue weighted by Gasteiger charge is -2.32. The third-order valence-electron chi connectivity index (χ3n) is 30.4. The summed E-state index contributed by atoms with van der Waals surface area (Å²) in [6, 6.07) is 151. The van der Waals surface area contributed by atoms with Crippen molar-refractivity contribution in [3.8, 4) is 101 Å². The Bertz CT molecular complexity index is 7920. The van der Waals surface area contributed by atoms with Crippen molar-refractivity contribution in [3.63, 3.8) is 0 Å². The van der Waals surface area contributed by atoms with Crippen molar-refractivity contribution in [1.82, 2.24) is 0 Å². The van der Waals surface area contributed by atoms with Crippen LogP contribution in [0.15, 0.2) is 421 Å². The Balaban J connectivity index is 0.000000148. The second-order valence-electron chi connectivity index (χ2n) is 40.2. The molecule has 19 aromatic rings. The molecule has 0 saturated heterocycles. The molecule has 0 amide bonds. The summed E-state index contributed by atoms with van der Waals surface area (Å²) >= 11 is 0. The van der Waals surface area contributed by atoms with Crippen LogP contribution in [0.4, 0.5) is 68.2 Å². The normalized spacial score (nSPS) is 14.9. The fraction of sp³-hybridized carbons (Fsp3) is 0.141. The van der Waals surface area contributed by atoms with Gasteiger partial charge in [0.25, 0.3) is 0 Å². The number of benzene rings is 17. The summed E-state index contributed by atoms with van der Waals surface area (Å²) in [5.41, 5.74) is 44.9. The lowest BCUT2D eigenvalue weighted by atomic mass is 9.74. The molecule has 2 aromatic heterocycles. The van der Waals surface area contributed by atoms with Gasteiger partial charge in [-0.3, -0.25) is 0 Å². The predicted molar refractivity (Wildman–Crippen MR) is 558 cm³/mol. The van der Waals surface area contributed by atoms with Gasteiger partial charge < -0.3 is 28.4 Å². The number of fused-ring (bicyclic) bond motifs is 20. The Morgan fingerprint density at radius 1 is 0.149 bits per heavy atom. The lowest BCUT2D eigenvalue weighted by molar-refractivity contribution is 0.592. The van der Waals surface area contributed by atoms with Crippen LogP contribution in [0.3, 0.4) is 0 Å². The highest BCUT2D eigenvalue weighted by Crippen LogP contribution is 2.66. The quantitative estimate of drug-likeness (QED) is 0.102. The second kappa shape index (κ2) is 30.5. The molecule has 6 heteroatoms. The van der Waals surface area contributed by atoms with Gasteiger partial charge in [-0.1, -0.05) is 344 Å². The summed E-state index contributed by atoms with van der Waals surface area (Å²) in [6.45, 7) is 28.6. The van der Waals surface area contributed by atoms with Crippen molar-refractivity contribution in [2.45, 2.75) is 116 Å². The Hall–Kier alpha value is -15.5. The largest absolute Gasteiger partial charge is 0.455 e. The highest BCUT2D eigenvalue weighted by molar-refractivity contribution is 5.99. The molecule has 6 aliphatic rings. The summed E-state index contributed by atoms with van der Waals surface area (Å²) in [5, 5.41) is 0. The molecule has 648 valence electrons. The predicted octanol–water partition coefficient (Wildman–Crippen LogP) is 35.3. The van der Waals surface area contributed by atoms with E-state index in [1.165, 1.54) is 145 Å². The molecule has 17 aromatic carbocycles. The first-order valence-electron chi connectivity index (χ1n) is 47.3. The fourth-order valence-electron chi connectivity index (χ4n) is 23.8. The van der Waals surface area contributed by atoms with Crippen molar-refractivity contribution in [2.24, 2.45) is 0 Å². The van der Waals surface area contributed by atoms with E-state index < -0.39 is 0 Å². The number of hydrogen-bond donors (Lipinski definition) is 0.